The van der Waals surface area contributed by atoms with Gasteiger partial charge in [-0.05, 0) is 55.3 Å². The highest BCUT2D eigenvalue weighted by molar-refractivity contribution is 5.99. The Morgan fingerprint density at radius 1 is 0.902 bits per heavy atom. The first-order valence-corrected chi connectivity index (χ1v) is 13.3. The summed E-state index contributed by atoms with van der Waals surface area (Å²) in [5.74, 6) is -2.78. The maximum Gasteiger partial charge on any atom is 0.490 e. The summed E-state index contributed by atoms with van der Waals surface area (Å²) in [6, 6.07) is 15.3. The fourth-order valence-electron chi connectivity index (χ4n) is 4.97. The van der Waals surface area contributed by atoms with Crippen LogP contribution < -0.4 is 10.2 Å². The summed E-state index contributed by atoms with van der Waals surface area (Å²) in [6.07, 6.45) is 0.530. The molecule has 2 aromatic carbocycles. The number of benzene rings is 2. The molecular weight excluding hydrogens is 541 g/mol. The number of hydrogen-bond acceptors (Lipinski definition) is 5. The van der Waals surface area contributed by atoms with Crippen LogP contribution in [-0.2, 0) is 27.5 Å². The number of nitrogens with zero attached hydrogens (tertiary/aromatic N) is 3. The Morgan fingerprint density at radius 2 is 1.51 bits per heavy atom. The molecule has 3 aliphatic rings. The maximum absolute atomic E-state index is 13.4. The van der Waals surface area contributed by atoms with Gasteiger partial charge in [0.1, 0.15) is 6.54 Å². The molecule has 0 unspecified atom stereocenters. The van der Waals surface area contributed by atoms with E-state index in [1.54, 1.807) is 14.7 Å². The van der Waals surface area contributed by atoms with E-state index in [1.807, 2.05) is 60.7 Å². The van der Waals surface area contributed by atoms with Crippen LogP contribution in [0.5, 0.6) is 0 Å². The molecule has 12 heteroatoms. The molecule has 0 aromatic heterocycles. The number of fused-ring (bicyclic) bond motifs is 1. The zero-order valence-corrected chi connectivity index (χ0v) is 22.3. The molecule has 0 aliphatic carbocycles. The predicted molar refractivity (Wildman–Crippen MR) is 144 cm³/mol. The summed E-state index contributed by atoms with van der Waals surface area (Å²) in [5.41, 5.74) is 3.41. The Labute approximate surface area is 235 Å². The largest absolute Gasteiger partial charge is 0.490 e. The normalized spacial score (nSPS) is 17.4. The van der Waals surface area contributed by atoms with E-state index in [0.717, 1.165) is 42.7 Å². The number of amides is 3. The molecule has 0 bridgehead atoms. The van der Waals surface area contributed by atoms with Gasteiger partial charge in [-0.1, -0.05) is 42.5 Å². The molecule has 1 fully saturated rings. The van der Waals surface area contributed by atoms with Crippen LogP contribution in [-0.4, -0.2) is 77.5 Å². The zero-order valence-electron chi connectivity index (χ0n) is 22.3. The lowest BCUT2D eigenvalue weighted by molar-refractivity contribution is -0.192. The number of rotatable bonds is 4. The van der Waals surface area contributed by atoms with Gasteiger partial charge in [0.2, 0.25) is 11.8 Å². The number of carboxylic acids is 1. The Bertz CT molecular complexity index is 1300. The number of anilines is 1. The highest BCUT2D eigenvalue weighted by atomic mass is 19.4. The number of carbonyl (C=O) groups is 4. The Balaban J connectivity index is 0.000000493. The maximum atomic E-state index is 13.4. The van der Waals surface area contributed by atoms with Crippen LogP contribution in [0.1, 0.15) is 34.3 Å². The fourth-order valence-corrected chi connectivity index (χ4v) is 4.97. The number of aliphatic carboxylic acids is 1. The van der Waals surface area contributed by atoms with Gasteiger partial charge in [-0.25, -0.2) is 4.79 Å². The van der Waals surface area contributed by atoms with Gasteiger partial charge in [0.15, 0.2) is 0 Å². The van der Waals surface area contributed by atoms with Crippen molar-refractivity contribution in [1.29, 1.82) is 0 Å². The minimum atomic E-state index is -5.08. The molecular formula is C29H31F3N4O5. The lowest BCUT2D eigenvalue weighted by atomic mass is 9.96. The monoisotopic (exact) mass is 572 g/mol. The van der Waals surface area contributed by atoms with Gasteiger partial charge >= 0.3 is 12.1 Å². The summed E-state index contributed by atoms with van der Waals surface area (Å²) >= 11 is 0. The first kappa shape index (κ1) is 29.8. The van der Waals surface area contributed by atoms with Gasteiger partial charge in [0, 0.05) is 36.8 Å². The van der Waals surface area contributed by atoms with Crippen LogP contribution >= 0.6 is 0 Å². The van der Waals surface area contributed by atoms with Crippen LogP contribution in [0.3, 0.4) is 0 Å². The lowest BCUT2D eigenvalue weighted by Crippen LogP contribution is -2.44. The molecule has 1 saturated heterocycles. The minimum absolute atomic E-state index is 0.0137. The Hall–Kier alpha value is -4.19. The van der Waals surface area contributed by atoms with Crippen molar-refractivity contribution in [3.63, 3.8) is 0 Å². The predicted octanol–water partition coefficient (Wildman–Crippen LogP) is 3.21. The van der Waals surface area contributed by atoms with E-state index in [9.17, 15) is 27.6 Å². The molecule has 0 atom stereocenters. The fraction of sp³-hybridized carbons (Fsp3) is 0.379. The van der Waals surface area contributed by atoms with Crippen LogP contribution in [0.15, 0.2) is 60.7 Å². The Kier molecular flexibility index (Phi) is 9.43. The summed E-state index contributed by atoms with van der Waals surface area (Å²) in [4.78, 5) is 53.4. The third-order valence-corrected chi connectivity index (χ3v) is 7.16. The van der Waals surface area contributed by atoms with Gasteiger partial charge in [-0.2, -0.15) is 13.2 Å². The molecule has 41 heavy (non-hydrogen) atoms. The molecule has 5 rings (SSSR count). The molecule has 218 valence electrons. The highest BCUT2D eigenvalue weighted by Gasteiger charge is 2.38. The third-order valence-electron chi connectivity index (χ3n) is 7.16. The minimum Gasteiger partial charge on any atom is -0.475 e. The average Bonchev–Trinajstić information content (AvgIpc) is 3.47. The SMILES string of the molecule is O=C(O)C(F)(F)F.O=C(c1ccc(CN2C(=O)CN(C(=O)C3CCNCC3)Cc3ccccc32)cc1)N1CC=CC1. The summed E-state index contributed by atoms with van der Waals surface area (Å²) in [5, 5.41) is 10.4. The molecule has 3 amide bonds. The number of carboxylic acid groups (broad SMARTS) is 1. The molecule has 9 nitrogen and oxygen atoms in total. The smallest absolute Gasteiger partial charge is 0.475 e. The molecule has 2 aromatic rings. The number of halogens is 3. The van der Waals surface area contributed by atoms with Gasteiger partial charge in [0.25, 0.3) is 5.91 Å². The number of carbonyl (C=O) groups excluding carboxylic acids is 3. The number of para-hydroxylation sites is 1. The number of hydrogen-bond donors (Lipinski definition) is 2. The van der Waals surface area contributed by atoms with Gasteiger partial charge in [0.05, 0.1) is 6.54 Å². The second-order valence-corrected chi connectivity index (χ2v) is 10.0. The van der Waals surface area contributed by atoms with Gasteiger partial charge in [-0.15, -0.1) is 0 Å². The lowest BCUT2D eigenvalue weighted by Gasteiger charge is -2.28. The van der Waals surface area contributed by atoms with Gasteiger partial charge in [-0.3, -0.25) is 14.4 Å². The van der Waals surface area contributed by atoms with Crippen molar-refractivity contribution in [1.82, 2.24) is 15.1 Å². The van der Waals surface area contributed by atoms with Crippen molar-refractivity contribution in [2.75, 3.05) is 37.6 Å². The van der Waals surface area contributed by atoms with E-state index in [4.69, 9.17) is 9.90 Å². The van der Waals surface area contributed by atoms with E-state index in [1.165, 1.54) is 0 Å². The topological polar surface area (TPSA) is 110 Å². The highest BCUT2D eigenvalue weighted by Crippen LogP contribution is 2.29. The second-order valence-electron chi connectivity index (χ2n) is 10.0. The van der Waals surface area contributed by atoms with Crippen molar-refractivity contribution in [2.24, 2.45) is 5.92 Å². The van der Waals surface area contributed by atoms with E-state index in [2.05, 4.69) is 5.32 Å². The van der Waals surface area contributed by atoms with Crippen LogP contribution in [0, 0.1) is 5.92 Å². The molecule has 0 saturated carbocycles. The van der Waals surface area contributed by atoms with Crippen molar-refractivity contribution >= 4 is 29.4 Å². The molecule has 3 aliphatic heterocycles. The van der Waals surface area contributed by atoms with E-state index >= 15 is 0 Å². The molecule has 3 heterocycles. The van der Waals surface area contributed by atoms with Crippen molar-refractivity contribution < 1.29 is 37.5 Å². The molecule has 0 spiro atoms. The van der Waals surface area contributed by atoms with Crippen molar-refractivity contribution in [2.45, 2.75) is 32.1 Å². The van der Waals surface area contributed by atoms with Crippen molar-refractivity contribution in [3.05, 3.63) is 77.4 Å². The molecule has 0 radical (unpaired) electrons. The number of piperidine rings is 1. The summed E-state index contributed by atoms with van der Waals surface area (Å²) < 4.78 is 31.7. The van der Waals surface area contributed by atoms with E-state index in [0.29, 0.717) is 31.7 Å². The average molecular weight is 573 g/mol. The van der Waals surface area contributed by atoms with Crippen LogP contribution in [0.25, 0.3) is 0 Å². The standard InChI is InChI=1S/C27H30N4O3.C2HF3O2/c32-25-19-30(27(34)22-11-13-28-14-12-22)18-23-5-1-2-6-24(23)31(25)17-20-7-9-21(10-8-20)26(33)29-15-3-4-16-29;3-2(4,5)1(6)7/h1-10,22,28H,11-19H2;(H,6,7). The van der Waals surface area contributed by atoms with Crippen LogP contribution in [0.4, 0.5) is 18.9 Å². The summed E-state index contributed by atoms with van der Waals surface area (Å²) in [6.45, 7) is 3.89. The first-order chi connectivity index (χ1) is 19.5. The first-order valence-electron chi connectivity index (χ1n) is 13.3. The Morgan fingerprint density at radius 3 is 2.12 bits per heavy atom. The number of alkyl halides is 3. The molecule has 2 N–H and O–H groups in total. The van der Waals surface area contributed by atoms with Gasteiger partial charge < -0.3 is 25.1 Å². The second kappa shape index (κ2) is 13.0. The zero-order chi connectivity index (χ0) is 29.6. The quantitative estimate of drug-likeness (QED) is 0.545. The summed E-state index contributed by atoms with van der Waals surface area (Å²) in [7, 11) is 0. The van der Waals surface area contributed by atoms with Crippen LogP contribution in [0.2, 0.25) is 0 Å². The van der Waals surface area contributed by atoms with Crippen molar-refractivity contribution in [3.8, 4) is 0 Å². The van der Waals surface area contributed by atoms with E-state index < -0.39 is 12.1 Å². The third kappa shape index (κ3) is 7.51. The number of nitrogens with one attached hydrogen (secondary N) is 1. The van der Waals surface area contributed by atoms with E-state index in [-0.39, 0.29) is 30.2 Å².